The van der Waals surface area contributed by atoms with Crippen LogP contribution in [-0.4, -0.2) is 39.2 Å². The number of thiophene rings is 1. The van der Waals surface area contributed by atoms with E-state index in [9.17, 15) is 19.7 Å². The number of benzene rings is 2. The summed E-state index contributed by atoms with van der Waals surface area (Å²) in [5.74, 6) is 0.0242. The van der Waals surface area contributed by atoms with Crippen LogP contribution in [0.25, 0.3) is 0 Å². The topological polar surface area (TPSA) is 92.5 Å². The van der Waals surface area contributed by atoms with Crippen LogP contribution in [0.15, 0.2) is 66.0 Å². The van der Waals surface area contributed by atoms with Gasteiger partial charge in [0.1, 0.15) is 5.54 Å². The van der Waals surface area contributed by atoms with Crippen molar-refractivity contribution in [1.29, 1.82) is 0 Å². The molecule has 7 nitrogen and oxygen atoms in total. The number of amides is 1. The molecule has 33 heavy (non-hydrogen) atoms. The number of Topliss-reactive ketones (excluding diaryl/α,β-unsaturated/α-hetero) is 1. The van der Waals surface area contributed by atoms with Crippen LogP contribution in [0, 0.1) is 16.0 Å². The molecule has 0 bridgehead atoms. The molecule has 0 radical (unpaired) electrons. The number of non-ortho nitro benzene ring substituents is 1. The maximum absolute atomic E-state index is 14.1. The van der Waals surface area contributed by atoms with Crippen LogP contribution in [-0.2, 0) is 10.3 Å². The Bertz CT molecular complexity index is 1290. The summed E-state index contributed by atoms with van der Waals surface area (Å²) in [7, 11) is 0. The lowest BCUT2D eigenvalue weighted by molar-refractivity contribution is -0.384. The Morgan fingerprint density at radius 3 is 2.79 bits per heavy atom. The summed E-state index contributed by atoms with van der Waals surface area (Å²) in [6.45, 7) is 0. The molecular formula is C24H19N3O4S2. The molecule has 166 valence electrons. The summed E-state index contributed by atoms with van der Waals surface area (Å²) < 4.78 is 0. The number of rotatable bonds is 4. The Kier molecular flexibility index (Phi) is 4.69. The molecule has 9 heteroatoms. The van der Waals surface area contributed by atoms with Gasteiger partial charge in [0.15, 0.2) is 5.78 Å². The van der Waals surface area contributed by atoms with Gasteiger partial charge in [-0.3, -0.25) is 24.6 Å². The Morgan fingerprint density at radius 1 is 1.15 bits per heavy atom. The van der Waals surface area contributed by atoms with Crippen LogP contribution in [0.1, 0.15) is 26.7 Å². The molecule has 1 aromatic heterocycles. The predicted octanol–water partition coefficient (Wildman–Crippen LogP) is 4.48. The second-order valence-electron chi connectivity index (χ2n) is 8.50. The number of nitrogens with zero attached hydrogens (tertiary/aromatic N) is 2. The summed E-state index contributed by atoms with van der Waals surface area (Å²) in [6, 6.07) is 17.6. The largest absolute Gasteiger partial charge is 0.324 e. The van der Waals surface area contributed by atoms with Crippen molar-refractivity contribution >= 4 is 46.2 Å². The van der Waals surface area contributed by atoms with E-state index in [2.05, 4.69) is 10.2 Å². The van der Waals surface area contributed by atoms with Gasteiger partial charge in [0.05, 0.1) is 15.7 Å². The lowest BCUT2D eigenvalue weighted by Crippen LogP contribution is -2.52. The second kappa shape index (κ2) is 7.51. The first-order valence-electron chi connectivity index (χ1n) is 10.6. The highest BCUT2D eigenvalue weighted by Gasteiger charge is 2.69. The van der Waals surface area contributed by atoms with Crippen LogP contribution in [0.2, 0.25) is 0 Å². The van der Waals surface area contributed by atoms with E-state index in [0.29, 0.717) is 10.8 Å². The van der Waals surface area contributed by atoms with Crippen LogP contribution in [0.5, 0.6) is 0 Å². The lowest BCUT2D eigenvalue weighted by atomic mass is 9.70. The lowest BCUT2D eigenvalue weighted by Gasteiger charge is -2.36. The zero-order valence-corrected chi connectivity index (χ0v) is 19.0. The Hall–Kier alpha value is -3.01. The van der Waals surface area contributed by atoms with Gasteiger partial charge in [0.25, 0.3) is 5.69 Å². The van der Waals surface area contributed by atoms with Crippen LogP contribution < -0.4 is 5.32 Å². The minimum Gasteiger partial charge on any atom is -0.324 e. The highest BCUT2D eigenvalue weighted by atomic mass is 32.2. The van der Waals surface area contributed by atoms with Crippen molar-refractivity contribution in [3.63, 3.8) is 0 Å². The van der Waals surface area contributed by atoms with Crippen molar-refractivity contribution in [2.75, 3.05) is 16.9 Å². The van der Waals surface area contributed by atoms with E-state index >= 15 is 0 Å². The summed E-state index contributed by atoms with van der Waals surface area (Å²) in [6.07, 6.45) is 0. The van der Waals surface area contributed by atoms with Crippen molar-refractivity contribution in [1.82, 2.24) is 4.90 Å². The molecule has 0 unspecified atom stereocenters. The second-order valence-corrected chi connectivity index (χ2v) is 10.4. The number of nitro benzene ring substituents is 1. The van der Waals surface area contributed by atoms with Gasteiger partial charge in [-0.15, -0.1) is 23.1 Å². The third-order valence-corrected chi connectivity index (χ3v) is 8.96. The highest BCUT2D eigenvalue weighted by molar-refractivity contribution is 7.99. The van der Waals surface area contributed by atoms with E-state index in [-0.39, 0.29) is 29.3 Å². The first kappa shape index (κ1) is 20.6. The predicted molar refractivity (Wildman–Crippen MR) is 128 cm³/mol. The molecule has 1 N–H and O–H groups in total. The third-order valence-electron chi connectivity index (χ3n) is 7.04. The number of nitrogens with one attached hydrogen (secondary N) is 1. The fourth-order valence-electron chi connectivity index (χ4n) is 5.82. The van der Waals surface area contributed by atoms with E-state index < -0.39 is 16.4 Å². The van der Waals surface area contributed by atoms with E-state index in [1.165, 1.54) is 17.4 Å². The number of hydrogen-bond donors (Lipinski definition) is 1. The van der Waals surface area contributed by atoms with Gasteiger partial charge in [-0.05, 0) is 23.1 Å². The van der Waals surface area contributed by atoms with Crippen molar-refractivity contribution in [2.45, 2.75) is 17.5 Å². The van der Waals surface area contributed by atoms with Gasteiger partial charge in [-0.1, -0.05) is 36.4 Å². The average molecular weight is 478 g/mol. The van der Waals surface area contributed by atoms with Crippen molar-refractivity contribution in [3.05, 3.63) is 92.2 Å². The molecule has 0 saturated carbocycles. The first-order chi connectivity index (χ1) is 16.0. The summed E-state index contributed by atoms with van der Waals surface area (Å²) in [5.41, 5.74) is 1.10. The van der Waals surface area contributed by atoms with Gasteiger partial charge in [0.2, 0.25) is 5.91 Å². The molecule has 3 aliphatic heterocycles. The maximum atomic E-state index is 14.1. The quantitative estimate of drug-likeness (QED) is 0.339. The number of nitro groups is 1. The molecule has 2 saturated heterocycles. The zero-order chi connectivity index (χ0) is 22.7. The highest BCUT2D eigenvalue weighted by Crippen LogP contribution is 2.61. The van der Waals surface area contributed by atoms with Gasteiger partial charge in [-0.25, -0.2) is 0 Å². The van der Waals surface area contributed by atoms with E-state index in [0.717, 1.165) is 22.6 Å². The molecule has 4 heterocycles. The minimum atomic E-state index is -1.15. The van der Waals surface area contributed by atoms with Crippen molar-refractivity contribution in [3.8, 4) is 0 Å². The van der Waals surface area contributed by atoms with Crippen LogP contribution >= 0.6 is 23.1 Å². The molecular weight excluding hydrogens is 458 g/mol. The molecule has 3 aromatic rings. The minimum absolute atomic E-state index is 0.00996. The Morgan fingerprint density at radius 2 is 2.00 bits per heavy atom. The number of hydrogen-bond acceptors (Lipinski definition) is 7. The third kappa shape index (κ3) is 2.79. The Balaban J connectivity index is 1.62. The van der Waals surface area contributed by atoms with Gasteiger partial charge in [0, 0.05) is 47.0 Å². The molecule has 2 fully saturated rings. The summed E-state index contributed by atoms with van der Waals surface area (Å²) >= 11 is 3.09. The molecule has 0 aliphatic carbocycles. The molecule has 1 amide bonds. The van der Waals surface area contributed by atoms with Crippen LogP contribution in [0.4, 0.5) is 11.4 Å². The number of para-hydroxylation sites is 1. The van der Waals surface area contributed by atoms with Crippen molar-refractivity contribution in [2.24, 2.45) is 5.92 Å². The molecule has 2 aromatic carbocycles. The van der Waals surface area contributed by atoms with Gasteiger partial charge < -0.3 is 5.32 Å². The Labute approximate surface area is 197 Å². The van der Waals surface area contributed by atoms with Crippen molar-refractivity contribution < 1.29 is 14.5 Å². The number of carbonyl (C=O) groups is 2. The average Bonchev–Trinajstić information content (AvgIpc) is 3.59. The maximum Gasteiger partial charge on any atom is 0.269 e. The number of carbonyl (C=O) groups excluding carboxylic acids is 2. The molecule has 6 rings (SSSR count). The fourth-order valence-corrected chi connectivity index (χ4v) is 7.85. The van der Waals surface area contributed by atoms with E-state index in [4.69, 9.17) is 0 Å². The smallest absolute Gasteiger partial charge is 0.269 e. The number of ketones is 1. The van der Waals surface area contributed by atoms with Gasteiger partial charge in [-0.2, -0.15) is 0 Å². The molecule has 3 aliphatic rings. The normalized spacial score (nSPS) is 28.0. The summed E-state index contributed by atoms with van der Waals surface area (Å²) in [4.78, 5) is 41.8. The SMILES string of the molecule is O=C(c1cccs1)[C@@H]1[C@H](c2cccc([N+](=O)[O-])c2)[C@H]2CSCN2[C@@]12C(=O)Nc1ccccc12. The van der Waals surface area contributed by atoms with E-state index in [1.54, 1.807) is 30.0 Å². The monoisotopic (exact) mass is 477 g/mol. The fraction of sp³-hybridized carbons (Fsp3) is 0.250. The van der Waals surface area contributed by atoms with E-state index in [1.807, 2.05) is 41.8 Å². The standard InChI is InChI=1S/C24H19N3O4S2/c28-22(19-9-4-10-33-19)21-20(14-5-3-6-15(11-14)27(30)31)18-12-32-13-26(18)24(21)16-7-1-2-8-17(16)25-23(24)29/h1-11,18,20-21H,12-13H2,(H,25,29)/t18-,20-,21+,24-/m1/s1. The first-order valence-corrected chi connectivity index (χ1v) is 12.6. The zero-order valence-electron chi connectivity index (χ0n) is 17.3. The van der Waals surface area contributed by atoms with Crippen LogP contribution in [0.3, 0.4) is 0 Å². The number of thioether (sulfide) groups is 1. The summed E-state index contributed by atoms with van der Waals surface area (Å²) in [5, 5.41) is 16.4. The molecule has 1 spiro atoms. The van der Waals surface area contributed by atoms with Gasteiger partial charge >= 0.3 is 0 Å². The molecule has 4 atom stereocenters. The number of fused-ring (bicyclic) bond motifs is 4. The number of anilines is 1.